The SMILES string of the molecule is COc1ccc(C[C@@H](N)C(=O)OCCc2ccccc2)cc1. The number of nitrogens with two attached hydrogens (primary N) is 1. The van der Waals surface area contributed by atoms with Gasteiger partial charge in [-0.05, 0) is 29.7 Å². The maximum absolute atomic E-state index is 11.9. The van der Waals surface area contributed by atoms with Crippen LogP contribution in [0.25, 0.3) is 0 Å². The van der Waals surface area contributed by atoms with E-state index in [0.717, 1.165) is 16.9 Å². The lowest BCUT2D eigenvalue weighted by Crippen LogP contribution is -2.34. The Balaban J connectivity index is 1.76. The van der Waals surface area contributed by atoms with E-state index in [2.05, 4.69) is 0 Å². The third kappa shape index (κ3) is 4.90. The van der Waals surface area contributed by atoms with Gasteiger partial charge in [-0.1, -0.05) is 42.5 Å². The molecular weight excluding hydrogens is 278 g/mol. The van der Waals surface area contributed by atoms with Gasteiger partial charge in [-0.25, -0.2) is 0 Å². The summed E-state index contributed by atoms with van der Waals surface area (Å²) in [5, 5.41) is 0. The molecule has 2 N–H and O–H groups in total. The predicted octanol–water partition coefficient (Wildman–Crippen LogP) is 2.35. The van der Waals surface area contributed by atoms with Crippen molar-refractivity contribution in [2.45, 2.75) is 18.9 Å². The molecule has 1 atom stereocenters. The van der Waals surface area contributed by atoms with E-state index < -0.39 is 6.04 Å². The maximum Gasteiger partial charge on any atom is 0.323 e. The standard InChI is InChI=1S/C18H21NO3/c1-21-16-9-7-15(8-10-16)13-17(19)18(20)22-12-11-14-5-3-2-4-6-14/h2-10,17H,11-13,19H2,1H3/t17-/m1/s1. The summed E-state index contributed by atoms with van der Waals surface area (Å²) in [6, 6.07) is 16.7. The van der Waals surface area contributed by atoms with Crippen molar-refractivity contribution in [1.82, 2.24) is 0 Å². The molecule has 0 spiro atoms. The number of benzene rings is 2. The molecule has 0 aliphatic heterocycles. The van der Waals surface area contributed by atoms with Crippen LogP contribution in [0.5, 0.6) is 5.75 Å². The summed E-state index contributed by atoms with van der Waals surface area (Å²) in [5.41, 5.74) is 8.01. The molecule has 0 amide bonds. The van der Waals surface area contributed by atoms with Crippen LogP contribution in [0.4, 0.5) is 0 Å². The molecule has 0 saturated carbocycles. The highest BCUT2D eigenvalue weighted by Crippen LogP contribution is 2.12. The first-order chi connectivity index (χ1) is 10.7. The number of esters is 1. The lowest BCUT2D eigenvalue weighted by molar-refractivity contribution is -0.145. The minimum absolute atomic E-state index is 0.346. The van der Waals surface area contributed by atoms with Crippen LogP contribution in [0.2, 0.25) is 0 Å². The molecule has 0 aliphatic carbocycles. The van der Waals surface area contributed by atoms with Gasteiger partial charge in [0.15, 0.2) is 0 Å². The molecule has 0 bridgehead atoms. The molecule has 0 radical (unpaired) electrons. The Labute approximate surface area is 130 Å². The number of rotatable bonds is 7. The Morgan fingerprint density at radius 3 is 2.36 bits per heavy atom. The predicted molar refractivity (Wildman–Crippen MR) is 85.8 cm³/mol. The zero-order valence-corrected chi connectivity index (χ0v) is 12.7. The second kappa shape index (κ2) is 8.20. The average molecular weight is 299 g/mol. The normalized spacial score (nSPS) is 11.7. The van der Waals surface area contributed by atoms with Gasteiger partial charge in [-0.2, -0.15) is 0 Å². The first kappa shape index (κ1) is 16.0. The zero-order chi connectivity index (χ0) is 15.8. The van der Waals surface area contributed by atoms with Crippen molar-refractivity contribution in [1.29, 1.82) is 0 Å². The molecule has 116 valence electrons. The molecule has 4 heteroatoms. The van der Waals surface area contributed by atoms with Crippen LogP contribution in [0.1, 0.15) is 11.1 Å². The van der Waals surface area contributed by atoms with Crippen molar-refractivity contribution in [3.05, 3.63) is 65.7 Å². The Kier molecular flexibility index (Phi) is 5.98. The molecule has 0 saturated heterocycles. The van der Waals surface area contributed by atoms with Crippen LogP contribution in [0, 0.1) is 0 Å². The van der Waals surface area contributed by atoms with Gasteiger partial charge >= 0.3 is 5.97 Å². The van der Waals surface area contributed by atoms with Crippen LogP contribution in [-0.4, -0.2) is 25.7 Å². The van der Waals surface area contributed by atoms with Gasteiger partial charge in [-0.3, -0.25) is 4.79 Å². The number of carbonyl (C=O) groups is 1. The fourth-order valence-electron chi connectivity index (χ4n) is 2.12. The molecule has 0 heterocycles. The minimum atomic E-state index is -0.649. The van der Waals surface area contributed by atoms with Crippen LogP contribution >= 0.6 is 0 Å². The second-order valence-corrected chi connectivity index (χ2v) is 5.06. The van der Waals surface area contributed by atoms with Gasteiger partial charge in [0.25, 0.3) is 0 Å². The Hall–Kier alpha value is -2.33. The lowest BCUT2D eigenvalue weighted by Gasteiger charge is -2.12. The summed E-state index contributed by atoms with van der Waals surface area (Å²) >= 11 is 0. The van der Waals surface area contributed by atoms with Gasteiger partial charge in [0.1, 0.15) is 11.8 Å². The summed E-state index contributed by atoms with van der Waals surface area (Å²) in [5.74, 6) is 0.412. The molecule has 0 unspecified atom stereocenters. The van der Waals surface area contributed by atoms with E-state index in [4.69, 9.17) is 15.2 Å². The topological polar surface area (TPSA) is 61.5 Å². The van der Waals surface area contributed by atoms with Crippen LogP contribution in [0.15, 0.2) is 54.6 Å². The second-order valence-electron chi connectivity index (χ2n) is 5.06. The van der Waals surface area contributed by atoms with Crippen molar-refractivity contribution in [2.75, 3.05) is 13.7 Å². The molecule has 0 fully saturated rings. The number of carbonyl (C=O) groups excluding carboxylic acids is 1. The number of hydrogen-bond donors (Lipinski definition) is 1. The maximum atomic E-state index is 11.9. The third-order valence-corrected chi connectivity index (χ3v) is 3.40. The summed E-state index contributed by atoms with van der Waals surface area (Å²) in [6.07, 6.45) is 1.15. The van der Waals surface area contributed by atoms with E-state index >= 15 is 0 Å². The first-order valence-electron chi connectivity index (χ1n) is 7.28. The summed E-state index contributed by atoms with van der Waals surface area (Å²) in [4.78, 5) is 11.9. The third-order valence-electron chi connectivity index (χ3n) is 3.40. The quantitative estimate of drug-likeness (QED) is 0.797. The van der Waals surface area contributed by atoms with Crippen molar-refractivity contribution < 1.29 is 14.3 Å². The van der Waals surface area contributed by atoms with Crippen LogP contribution in [-0.2, 0) is 22.4 Å². The van der Waals surface area contributed by atoms with E-state index in [1.54, 1.807) is 7.11 Å². The molecule has 2 aromatic carbocycles. The van der Waals surface area contributed by atoms with Crippen LogP contribution in [0.3, 0.4) is 0 Å². The van der Waals surface area contributed by atoms with Crippen molar-refractivity contribution in [3.8, 4) is 5.75 Å². The highest BCUT2D eigenvalue weighted by atomic mass is 16.5. The minimum Gasteiger partial charge on any atom is -0.497 e. The van der Waals surface area contributed by atoms with E-state index in [9.17, 15) is 4.79 Å². The molecule has 22 heavy (non-hydrogen) atoms. The van der Waals surface area contributed by atoms with E-state index in [1.807, 2.05) is 54.6 Å². The molecular formula is C18H21NO3. The fourth-order valence-corrected chi connectivity index (χ4v) is 2.12. The highest BCUT2D eigenvalue weighted by Gasteiger charge is 2.15. The highest BCUT2D eigenvalue weighted by molar-refractivity contribution is 5.75. The average Bonchev–Trinajstić information content (AvgIpc) is 2.56. The van der Waals surface area contributed by atoms with Gasteiger partial charge in [0.2, 0.25) is 0 Å². The van der Waals surface area contributed by atoms with E-state index in [0.29, 0.717) is 19.4 Å². The fraction of sp³-hybridized carbons (Fsp3) is 0.278. The van der Waals surface area contributed by atoms with E-state index in [1.165, 1.54) is 0 Å². The van der Waals surface area contributed by atoms with Gasteiger partial charge in [0, 0.05) is 6.42 Å². The smallest absolute Gasteiger partial charge is 0.323 e. The number of hydrogen-bond acceptors (Lipinski definition) is 4. The van der Waals surface area contributed by atoms with Crippen molar-refractivity contribution >= 4 is 5.97 Å². The molecule has 0 aromatic heterocycles. The summed E-state index contributed by atoms with van der Waals surface area (Å²) in [6.45, 7) is 0.346. The lowest BCUT2D eigenvalue weighted by atomic mass is 10.1. The monoisotopic (exact) mass is 299 g/mol. The van der Waals surface area contributed by atoms with Gasteiger partial charge in [-0.15, -0.1) is 0 Å². The Bertz CT molecular complexity index is 581. The molecule has 4 nitrogen and oxygen atoms in total. The number of ether oxygens (including phenoxy) is 2. The largest absolute Gasteiger partial charge is 0.497 e. The van der Waals surface area contributed by atoms with Crippen molar-refractivity contribution in [3.63, 3.8) is 0 Å². The van der Waals surface area contributed by atoms with Gasteiger partial charge in [0.05, 0.1) is 13.7 Å². The Morgan fingerprint density at radius 2 is 1.73 bits per heavy atom. The zero-order valence-electron chi connectivity index (χ0n) is 12.7. The van der Waals surface area contributed by atoms with Gasteiger partial charge < -0.3 is 15.2 Å². The van der Waals surface area contributed by atoms with Crippen LogP contribution < -0.4 is 10.5 Å². The number of methoxy groups -OCH3 is 1. The summed E-state index contributed by atoms with van der Waals surface area (Å²) < 4.78 is 10.3. The molecule has 2 rings (SSSR count). The summed E-state index contributed by atoms with van der Waals surface area (Å²) in [7, 11) is 1.62. The van der Waals surface area contributed by atoms with E-state index in [-0.39, 0.29) is 5.97 Å². The molecule has 0 aliphatic rings. The molecule has 2 aromatic rings. The first-order valence-corrected chi connectivity index (χ1v) is 7.28. The van der Waals surface area contributed by atoms with Crippen molar-refractivity contribution in [2.24, 2.45) is 5.73 Å². The Morgan fingerprint density at radius 1 is 1.05 bits per heavy atom.